The van der Waals surface area contributed by atoms with Crippen molar-refractivity contribution < 1.29 is 14.7 Å². The molecule has 0 radical (unpaired) electrons. The van der Waals surface area contributed by atoms with E-state index in [0.717, 1.165) is 13.1 Å². The molecule has 2 rings (SSSR count). The molecule has 2 heterocycles. The third kappa shape index (κ3) is 3.95. The predicted octanol–water partition coefficient (Wildman–Crippen LogP) is 1.29. The maximum absolute atomic E-state index is 12.3. The van der Waals surface area contributed by atoms with Gasteiger partial charge in [-0.2, -0.15) is 0 Å². The number of carboxylic acid groups (broad SMARTS) is 1. The number of carboxylic acids is 1. The van der Waals surface area contributed by atoms with Gasteiger partial charge in [0, 0.05) is 26.2 Å². The van der Waals surface area contributed by atoms with E-state index in [4.69, 9.17) is 5.11 Å². The van der Waals surface area contributed by atoms with Crippen LogP contribution in [-0.4, -0.2) is 59.5 Å². The number of hydrogen-bond donors (Lipinski definition) is 1. The molecule has 5 nitrogen and oxygen atoms in total. The number of aliphatic carboxylic acids is 1. The van der Waals surface area contributed by atoms with Gasteiger partial charge in [0.1, 0.15) is 0 Å². The highest BCUT2D eigenvalue weighted by Crippen LogP contribution is 2.22. The second-order valence-corrected chi connectivity index (χ2v) is 6.63. The van der Waals surface area contributed by atoms with Gasteiger partial charge in [-0.25, -0.2) is 0 Å². The number of piperidine rings is 2. The molecule has 2 saturated heterocycles. The predicted molar refractivity (Wildman–Crippen MR) is 76.3 cm³/mol. The summed E-state index contributed by atoms with van der Waals surface area (Å²) in [6.07, 6.45) is 2.43. The van der Waals surface area contributed by atoms with Crippen LogP contribution in [0.2, 0.25) is 0 Å². The molecule has 1 amide bonds. The SMILES string of the molecule is CC1CC(C)CN(CC(=O)N2CCC(C(=O)O)CC2)C1. The van der Waals surface area contributed by atoms with Crippen molar-refractivity contribution in [3.05, 3.63) is 0 Å². The first-order valence-corrected chi connectivity index (χ1v) is 7.68. The zero-order valence-corrected chi connectivity index (χ0v) is 12.5. The van der Waals surface area contributed by atoms with Gasteiger partial charge < -0.3 is 10.0 Å². The van der Waals surface area contributed by atoms with Crippen LogP contribution in [0.3, 0.4) is 0 Å². The zero-order chi connectivity index (χ0) is 14.7. The van der Waals surface area contributed by atoms with Crippen LogP contribution in [-0.2, 0) is 9.59 Å². The highest BCUT2D eigenvalue weighted by atomic mass is 16.4. The summed E-state index contributed by atoms with van der Waals surface area (Å²) in [4.78, 5) is 27.3. The van der Waals surface area contributed by atoms with Gasteiger partial charge in [-0.1, -0.05) is 13.8 Å². The molecule has 0 saturated carbocycles. The highest BCUT2D eigenvalue weighted by Gasteiger charge is 2.29. The fraction of sp³-hybridized carbons (Fsp3) is 0.867. The third-order valence-corrected chi connectivity index (χ3v) is 4.50. The van der Waals surface area contributed by atoms with E-state index in [-0.39, 0.29) is 11.8 Å². The van der Waals surface area contributed by atoms with Gasteiger partial charge in [-0.05, 0) is 31.1 Å². The highest BCUT2D eigenvalue weighted by molar-refractivity contribution is 5.79. The Morgan fingerprint density at radius 1 is 1.10 bits per heavy atom. The average Bonchev–Trinajstić information content (AvgIpc) is 2.37. The van der Waals surface area contributed by atoms with Gasteiger partial charge in [0.25, 0.3) is 0 Å². The van der Waals surface area contributed by atoms with Crippen molar-refractivity contribution in [3.63, 3.8) is 0 Å². The maximum atomic E-state index is 12.3. The molecule has 2 unspecified atom stereocenters. The number of nitrogens with zero attached hydrogens (tertiary/aromatic N) is 2. The van der Waals surface area contributed by atoms with Gasteiger partial charge in [0.05, 0.1) is 12.5 Å². The minimum Gasteiger partial charge on any atom is -0.481 e. The Balaban J connectivity index is 1.79. The lowest BCUT2D eigenvalue weighted by Crippen LogP contribution is -2.48. The number of hydrogen-bond acceptors (Lipinski definition) is 3. The monoisotopic (exact) mass is 282 g/mol. The van der Waals surface area contributed by atoms with Crippen molar-refractivity contribution in [1.29, 1.82) is 0 Å². The minimum absolute atomic E-state index is 0.162. The molecule has 2 aliphatic heterocycles. The zero-order valence-electron chi connectivity index (χ0n) is 12.5. The molecule has 0 spiro atoms. The number of carbonyl (C=O) groups is 2. The van der Waals surface area contributed by atoms with Crippen LogP contribution in [0.4, 0.5) is 0 Å². The average molecular weight is 282 g/mol. The van der Waals surface area contributed by atoms with E-state index < -0.39 is 5.97 Å². The summed E-state index contributed by atoms with van der Waals surface area (Å²) < 4.78 is 0. The summed E-state index contributed by atoms with van der Waals surface area (Å²) in [5.74, 6) is 0.480. The van der Waals surface area contributed by atoms with Gasteiger partial charge in [-0.3, -0.25) is 14.5 Å². The quantitative estimate of drug-likeness (QED) is 0.847. The van der Waals surface area contributed by atoms with Crippen molar-refractivity contribution >= 4 is 11.9 Å². The van der Waals surface area contributed by atoms with E-state index in [0.29, 0.717) is 44.3 Å². The van der Waals surface area contributed by atoms with E-state index >= 15 is 0 Å². The molecular weight excluding hydrogens is 256 g/mol. The molecular formula is C15H26N2O3. The molecule has 0 aromatic carbocycles. The second kappa shape index (κ2) is 6.57. The Morgan fingerprint density at radius 2 is 1.65 bits per heavy atom. The van der Waals surface area contributed by atoms with Crippen LogP contribution >= 0.6 is 0 Å². The maximum Gasteiger partial charge on any atom is 0.306 e. The van der Waals surface area contributed by atoms with Gasteiger partial charge in [0.2, 0.25) is 5.91 Å². The molecule has 5 heteroatoms. The van der Waals surface area contributed by atoms with Crippen LogP contribution in [0.15, 0.2) is 0 Å². The largest absolute Gasteiger partial charge is 0.481 e. The Bertz CT molecular complexity index is 354. The first-order chi connectivity index (χ1) is 9.45. The van der Waals surface area contributed by atoms with E-state index in [2.05, 4.69) is 18.7 Å². The molecule has 20 heavy (non-hydrogen) atoms. The minimum atomic E-state index is -0.726. The summed E-state index contributed by atoms with van der Waals surface area (Å²) in [5.41, 5.74) is 0. The lowest BCUT2D eigenvalue weighted by atomic mass is 9.92. The fourth-order valence-corrected chi connectivity index (χ4v) is 3.59. The fourth-order valence-electron chi connectivity index (χ4n) is 3.59. The van der Waals surface area contributed by atoms with Crippen molar-refractivity contribution in [1.82, 2.24) is 9.80 Å². The summed E-state index contributed by atoms with van der Waals surface area (Å²) in [6.45, 7) is 8.16. The number of amides is 1. The number of rotatable bonds is 3. The van der Waals surface area contributed by atoms with Crippen LogP contribution in [0.25, 0.3) is 0 Å². The van der Waals surface area contributed by atoms with E-state index in [1.807, 2.05) is 4.90 Å². The molecule has 0 bridgehead atoms. The molecule has 114 valence electrons. The summed E-state index contributed by atoms with van der Waals surface area (Å²) in [7, 11) is 0. The molecule has 0 aliphatic carbocycles. The van der Waals surface area contributed by atoms with Crippen LogP contribution in [0, 0.1) is 17.8 Å². The van der Waals surface area contributed by atoms with Crippen LogP contribution in [0.1, 0.15) is 33.1 Å². The van der Waals surface area contributed by atoms with Crippen molar-refractivity contribution in [3.8, 4) is 0 Å². The number of likely N-dealkylation sites (tertiary alicyclic amines) is 2. The molecule has 0 aromatic heterocycles. The standard InChI is InChI=1S/C15H26N2O3/c1-11-7-12(2)9-16(8-11)10-14(18)17-5-3-13(4-6-17)15(19)20/h11-13H,3-10H2,1-2H3,(H,19,20). The van der Waals surface area contributed by atoms with Gasteiger partial charge in [0.15, 0.2) is 0 Å². The summed E-state index contributed by atoms with van der Waals surface area (Å²) >= 11 is 0. The van der Waals surface area contributed by atoms with Gasteiger partial charge >= 0.3 is 5.97 Å². The van der Waals surface area contributed by atoms with E-state index in [9.17, 15) is 9.59 Å². The Labute approximate surface area is 120 Å². The Kier molecular flexibility index (Phi) is 5.02. The smallest absolute Gasteiger partial charge is 0.306 e. The molecule has 0 aromatic rings. The second-order valence-electron chi connectivity index (χ2n) is 6.63. The topological polar surface area (TPSA) is 60.9 Å². The lowest BCUT2D eigenvalue weighted by Gasteiger charge is -2.37. The Morgan fingerprint density at radius 3 is 2.15 bits per heavy atom. The normalized spacial score (nSPS) is 29.4. The summed E-state index contributed by atoms with van der Waals surface area (Å²) in [5, 5.41) is 8.97. The molecule has 2 fully saturated rings. The molecule has 1 N–H and O–H groups in total. The Hall–Kier alpha value is -1.10. The van der Waals surface area contributed by atoms with Gasteiger partial charge in [-0.15, -0.1) is 0 Å². The van der Waals surface area contributed by atoms with E-state index in [1.165, 1.54) is 6.42 Å². The van der Waals surface area contributed by atoms with E-state index in [1.54, 1.807) is 0 Å². The lowest BCUT2D eigenvalue weighted by molar-refractivity contribution is -0.146. The first-order valence-electron chi connectivity index (χ1n) is 7.68. The van der Waals surface area contributed by atoms with Crippen LogP contribution in [0.5, 0.6) is 0 Å². The van der Waals surface area contributed by atoms with Crippen LogP contribution < -0.4 is 0 Å². The summed E-state index contributed by atoms with van der Waals surface area (Å²) in [6, 6.07) is 0. The first kappa shape index (κ1) is 15.3. The number of carbonyl (C=O) groups excluding carboxylic acids is 1. The molecule has 2 aliphatic rings. The van der Waals surface area contributed by atoms with Crippen molar-refractivity contribution in [2.24, 2.45) is 17.8 Å². The van der Waals surface area contributed by atoms with Crippen molar-refractivity contribution in [2.75, 3.05) is 32.7 Å². The molecule has 2 atom stereocenters. The van der Waals surface area contributed by atoms with Crippen molar-refractivity contribution in [2.45, 2.75) is 33.1 Å². The third-order valence-electron chi connectivity index (χ3n) is 4.50.